The lowest BCUT2D eigenvalue weighted by Crippen LogP contribution is -2.40. The molecule has 6 rings (SSSR count). The van der Waals surface area contributed by atoms with Crippen molar-refractivity contribution in [2.45, 2.75) is 49.4 Å². The van der Waals surface area contributed by atoms with Gasteiger partial charge in [-0.3, -0.25) is 37.0 Å². The SMILES string of the molecule is COOP1(=O)OC[C@H]2O[C@@H](n3ccc(=O)[nH]c3=O)[C@H](OC)[C@@H]2OP(=O)(O)OC[C@@H]2C[C@@H](O1)[C@H](n1cnc3c(N)ncnc31)O2. The Bertz CT molecular complexity index is 1730. The van der Waals surface area contributed by atoms with E-state index in [4.69, 9.17) is 42.7 Å². The average Bonchev–Trinajstić information content (AvgIpc) is 3.66. The quantitative estimate of drug-likeness (QED) is 0.181. The molecule has 2 bridgehead atoms. The first-order valence-corrected chi connectivity index (χ1v) is 15.9. The third kappa shape index (κ3) is 6.02. The third-order valence-corrected chi connectivity index (χ3v) is 9.31. The number of aromatic amines is 1. The van der Waals surface area contributed by atoms with Crippen LogP contribution < -0.4 is 17.0 Å². The van der Waals surface area contributed by atoms with Gasteiger partial charge in [-0.1, -0.05) is 0 Å². The molecular formula is C21H27N7O14P2. The second-order valence-corrected chi connectivity index (χ2v) is 12.6. The summed E-state index contributed by atoms with van der Waals surface area (Å²) >= 11 is 0. The van der Waals surface area contributed by atoms with Gasteiger partial charge in [0.2, 0.25) is 0 Å². The number of phosphoric ester groups is 2. The van der Waals surface area contributed by atoms with E-state index in [0.717, 1.165) is 23.9 Å². The summed E-state index contributed by atoms with van der Waals surface area (Å²) in [5.74, 6) is 0.101. The first-order chi connectivity index (χ1) is 21.0. The number of aromatic nitrogens is 6. The molecule has 0 aromatic carbocycles. The summed E-state index contributed by atoms with van der Waals surface area (Å²) < 4.78 is 73.9. The zero-order valence-corrected chi connectivity index (χ0v) is 24.7. The first-order valence-electron chi connectivity index (χ1n) is 12.9. The Morgan fingerprint density at radius 3 is 2.61 bits per heavy atom. The van der Waals surface area contributed by atoms with E-state index in [0.29, 0.717) is 0 Å². The van der Waals surface area contributed by atoms with Gasteiger partial charge >= 0.3 is 21.3 Å². The summed E-state index contributed by atoms with van der Waals surface area (Å²) in [6.45, 7) is -1.14. The molecule has 3 aromatic heterocycles. The molecule has 0 aliphatic carbocycles. The molecule has 23 heteroatoms. The van der Waals surface area contributed by atoms with Crippen LogP contribution in [-0.4, -0.2) is 91.9 Å². The lowest BCUT2D eigenvalue weighted by atomic mass is 10.1. The van der Waals surface area contributed by atoms with Crippen LogP contribution in [0.25, 0.3) is 11.2 Å². The van der Waals surface area contributed by atoms with Crippen LogP contribution in [0.5, 0.6) is 0 Å². The van der Waals surface area contributed by atoms with Crippen LogP contribution in [0.15, 0.2) is 34.5 Å². The lowest BCUT2D eigenvalue weighted by Gasteiger charge is -2.27. The largest absolute Gasteiger partial charge is 0.502 e. The number of phosphoric acid groups is 2. The highest BCUT2D eigenvalue weighted by atomic mass is 31.2. The molecule has 21 nitrogen and oxygen atoms in total. The molecule has 9 atom stereocenters. The molecule has 3 aliphatic heterocycles. The van der Waals surface area contributed by atoms with Gasteiger partial charge in [0.1, 0.15) is 36.3 Å². The summed E-state index contributed by atoms with van der Waals surface area (Å²) in [6.07, 6.45) is -4.71. The minimum Gasteiger partial charge on any atom is -0.382 e. The van der Waals surface area contributed by atoms with Crippen molar-refractivity contribution in [3.8, 4) is 0 Å². The molecule has 6 heterocycles. The van der Waals surface area contributed by atoms with Crippen molar-refractivity contribution in [3.05, 3.63) is 45.8 Å². The molecule has 3 saturated heterocycles. The van der Waals surface area contributed by atoms with Crippen molar-refractivity contribution >= 4 is 32.6 Å². The molecule has 0 spiro atoms. The summed E-state index contributed by atoms with van der Waals surface area (Å²) in [4.78, 5) is 53.9. The van der Waals surface area contributed by atoms with Gasteiger partial charge in [-0.2, -0.15) is 0 Å². The lowest BCUT2D eigenvalue weighted by molar-refractivity contribution is -0.207. The number of anilines is 1. The normalized spacial score (nSPS) is 36.4. The maximum absolute atomic E-state index is 13.8. The number of fused-ring (bicyclic) bond motifs is 4. The second kappa shape index (κ2) is 12.1. The minimum absolute atomic E-state index is 0.0351. The van der Waals surface area contributed by atoms with E-state index in [1.165, 1.54) is 24.3 Å². The summed E-state index contributed by atoms with van der Waals surface area (Å²) in [6, 6.07) is 1.06. The standard InChI is InChI=1S/C21H27N7O14P2/c1-34-16-15-12(39-20(16)27-4-3-13(29)26-21(27)30)7-37-44(33,42-35-2)40-11-5-10(6-36-43(31,32)41-15)38-19(11)28-9-25-14-17(22)23-8-24-18(14)28/h3-4,8-12,15-16,19-20H,5-7H2,1-2H3,(H,31,32)(H2,22,23,24)(H,26,29,30)/t10-,11+,12+,15+,16+,19+,20+,44?/m0/s1. The summed E-state index contributed by atoms with van der Waals surface area (Å²) in [5.41, 5.74) is 4.89. The summed E-state index contributed by atoms with van der Waals surface area (Å²) in [5, 5.41) is 0. The van der Waals surface area contributed by atoms with Gasteiger partial charge in [0.15, 0.2) is 23.9 Å². The number of methoxy groups -OCH3 is 1. The van der Waals surface area contributed by atoms with E-state index in [1.807, 2.05) is 0 Å². The smallest absolute Gasteiger partial charge is 0.382 e. The van der Waals surface area contributed by atoms with Crippen molar-refractivity contribution in [2.24, 2.45) is 0 Å². The zero-order valence-electron chi connectivity index (χ0n) is 22.9. The van der Waals surface area contributed by atoms with Crippen molar-refractivity contribution in [1.29, 1.82) is 0 Å². The molecule has 2 unspecified atom stereocenters. The molecule has 44 heavy (non-hydrogen) atoms. The van der Waals surface area contributed by atoms with Crippen molar-refractivity contribution in [2.75, 3.05) is 33.2 Å². The second-order valence-electron chi connectivity index (χ2n) is 9.71. The van der Waals surface area contributed by atoms with Gasteiger partial charge in [-0.05, 0) is 0 Å². The number of rotatable bonds is 5. The Morgan fingerprint density at radius 1 is 1.05 bits per heavy atom. The first kappa shape index (κ1) is 31.1. The fraction of sp³-hybridized carbons (Fsp3) is 0.571. The number of hydrogen-bond donors (Lipinski definition) is 3. The van der Waals surface area contributed by atoms with Crippen LogP contribution >= 0.6 is 15.6 Å². The number of H-pyrrole nitrogens is 1. The fourth-order valence-corrected chi connectivity index (χ4v) is 7.30. The predicted molar refractivity (Wildman–Crippen MR) is 141 cm³/mol. The Morgan fingerprint density at radius 2 is 1.86 bits per heavy atom. The highest BCUT2D eigenvalue weighted by Crippen LogP contribution is 2.56. The third-order valence-electron chi connectivity index (χ3n) is 7.00. The number of nitrogens with one attached hydrogen (secondary N) is 1. The van der Waals surface area contributed by atoms with E-state index in [9.17, 15) is 23.6 Å². The van der Waals surface area contributed by atoms with E-state index >= 15 is 0 Å². The fourth-order valence-electron chi connectivity index (χ4n) is 5.14. The highest BCUT2D eigenvalue weighted by molar-refractivity contribution is 7.48. The zero-order chi connectivity index (χ0) is 31.2. The van der Waals surface area contributed by atoms with E-state index in [-0.39, 0.29) is 23.4 Å². The maximum atomic E-state index is 13.8. The molecule has 0 amide bonds. The highest BCUT2D eigenvalue weighted by Gasteiger charge is 2.53. The Balaban J connectivity index is 1.34. The molecule has 0 radical (unpaired) electrons. The van der Waals surface area contributed by atoms with Crippen molar-refractivity contribution < 1.29 is 55.9 Å². The number of nitrogens with two attached hydrogens (primary N) is 1. The van der Waals surface area contributed by atoms with E-state index in [2.05, 4.69) is 24.8 Å². The van der Waals surface area contributed by atoms with Crippen LogP contribution in [0.4, 0.5) is 5.82 Å². The molecule has 3 aliphatic rings. The summed E-state index contributed by atoms with van der Waals surface area (Å²) in [7, 11) is -7.17. The number of ether oxygens (including phenoxy) is 3. The van der Waals surface area contributed by atoms with Gasteiger partial charge in [-0.25, -0.2) is 33.8 Å². The Labute approximate surface area is 246 Å². The van der Waals surface area contributed by atoms with E-state index in [1.54, 1.807) is 0 Å². The monoisotopic (exact) mass is 663 g/mol. The molecular weight excluding hydrogens is 636 g/mol. The van der Waals surface area contributed by atoms with Gasteiger partial charge in [0.25, 0.3) is 5.56 Å². The Kier molecular flexibility index (Phi) is 8.56. The van der Waals surface area contributed by atoms with Gasteiger partial charge in [0.05, 0.1) is 32.8 Å². The number of nitrogens with zero attached hydrogens (tertiary/aromatic N) is 5. The molecule has 0 saturated carbocycles. The Hall–Kier alpha value is -2.91. The number of hydrogen-bond acceptors (Lipinski definition) is 17. The average molecular weight is 663 g/mol. The number of imidazole rings is 1. The maximum Gasteiger partial charge on any atom is 0.502 e. The van der Waals surface area contributed by atoms with Gasteiger partial charge < -0.3 is 24.8 Å². The molecule has 3 fully saturated rings. The van der Waals surface area contributed by atoms with Gasteiger partial charge in [0, 0.05) is 25.8 Å². The van der Waals surface area contributed by atoms with Crippen LogP contribution in [0.2, 0.25) is 0 Å². The van der Waals surface area contributed by atoms with Gasteiger partial charge in [-0.15, -0.1) is 4.67 Å². The van der Waals surface area contributed by atoms with Crippen LogP contribution in [0, 0.1) is 0 Å². The van der Waals surface area contributed by atoms with E-state index < -0.39 is 83.1 Å². The molecule has 3 aromatic rings. The van der Waals surface area contributed by atoms with Crippen molar-refractivity contribution in [3.63, 3.8) is 0 Å². The predicted octanol–water partition coefficient (Wildman–Crippen LogP) is -0.238. The van der Waals surface area contributed by atoms with Crippen LogP contribution in [0.1, 0.15) is 18.9 Å². The van der Waals surface area contributed by atoms with Crippen molar-refractivity contribution in [1.82, 2.24) is 29.1 Å². The topological polar surface area (TPSA) is 262 Å². The number of nitrogen functional groups attached to an aromatic ring is 1. The van der Waals surface area contributed by atoms with Crippen LogP contribution in [0.3, 0.4) is 0 Å². The minimum atomic E-state index is -4.88. The van der Waals surface area contributed by atoms with Crippen LogP contribution in [-0.2, 0) is 51.0 Å². The molecule has 240 valence electrons. The molecule has 4 N–H and O–H groups in total.